The molecule has 1 aromatic carbocycles. The molecule has 1 aliphatic heterocycles. The summed E-state index contributed by atoms with van der Waals surface area (Å²) in [5.74, 6) is 0.793. The number of likely N-dealkylation sites (tertiary alicyclic amines) is 1. The smallest absolute Gasteiger partial charge is 0.238 e. The van der Waals surface area contributed by atoms with Gasteiger partial charge < -0.3 is 10.1 Å². The van der Waals surface area contributed by atoms with E-state index in [0.717, 1.165) is 11.4 Å². The van der Waals surface area contributed by atoms with E-state index in [1.54, 1.807) is 7.11 Å². The largest absolute Gasteiger partial charge is 0.497 e. The van der Waals surface area contributed by atoms with E-state index in [4.69, 9.17) is 4.74 Å². The summed E-state index contributed by atoms with van der Waals surface area (Å²) in [5, 5.41) is 2.94. The van der Waals surface area contributed by atoms with Crippen LogP contribution in [0.15, 0.2) is 24.3 Å². The van der Waals surface area contributed by atoms with Gasteiger partial charge in [0, 0.05) is 23.8 Å². The van der Waals surface area contributed by atoms with Gasteiger partial charge in [0.25, 0.3) is 0 Å². The maximum atomic E-state index is 12.2. The summed E-state index contributed by atoms with van der Waals surface area (Å²) in [5.41, 5.74) is 0.784. The Labute approximate surface area is 121 Å². The predicted octanol–water partition coefficient (Wildman–Crippen LogP) is 2.90. The molecule has 2 unspecified atom stereocenters. The lowest BCUT2D eigenvalue weighted by atomic mass is 9.97. The topological polar surface area (TPSA) is 41.6 Å². The number of rotatable bonds is 4. The minimum atomic E-state index is 0.0406. The van der Waals surface area contributed by atoms with Gasteiger partial charge in [-0.3, -0.25) is 9.69 Å². The van der Waals surface area contributed by atoms with Gasteiger partial charge in [0.1, 0.15) is 5.75 Å². The molecule has 0 saturated carbocycles. The van der Waals surface area contributed by atoms with Crippen LogP contribution in [0.1, 0.15) is 33.1 Å². The Kier molecular flexibility index (Phi) is 5.01. The van der Waals surface area contributed by atoms with Gasteiger partial charge in [-0.05, 0) is 38.8 Å². The lowest BCUT2D eigenvalue weighted by molar-refractivity contribution is -0.118. The second kappa shape index (κ2) is 6.75. The van der Waals surface area contributed by atoms with Crippen molar-refractivity contribution in [2.24, 2.45) is 0 Å². The van der Waals surface area contributed by atoms with E-state index in [1.165, 1.54) is 19.3 Å². The summed E-state index contributed by atoms with van der Waals surface area (Å²) in [6.07, 6.45) is 3.61. The molecular formula is C16H24N2O2. The van der Waals surface area contributed by atoms with E-state index in [9.17, 15) is 4.79 Å². The molecule has 110 valence electrons. The number of hydrogen-bond donors (Lipinski definition) is 1. The van der Waals surface area contributed by atoms with E-state index in [2.05, 4.69) is 24.1 Å². The van der Waals surface area contributed by atoms with Crippen LogP contribution in [0, 0.1) is 0 Å². The van der Waals surface area contributed by atoms with E-state index in [1.807, 2.05) is 24.3 Å². The third-order valence-electron chi connectivity index (χ3n) is 4.06. The number of amides is 1. The monoisotopic (exact) mass is 276 g/mol. The minimum absolute atomic E-state index is 0.0406. The number of piperidine rings is 1. The molecule has 1 fully saturated rings. The molecular weight excluding hydrogens is 252 g/mol. The van der Waals surface area contributed by atoms with Crippen molar-refractivity contribution in [3.05, 3.63) is 24.3 Å². The Bertz CT molecular complexity index is 452. The summed E-state index contributed by atoms with van der Waals surface area (Å²) >= 11 is 0. The fraction of sp³-hybridized carbons (Fsp3) is 0.562. The summed E-state index contributed by atoms with van der Waals surface area (Å²) in [6.45, 7) is 4.86. The number of benzene rings is 1. The number of ether oxygens (including phenoxy) is 1. The van der Waals surface area contributed by atoms with Crippen LogP contribution in [0.4, 0.5) is 5.69 Å². The van der Waals surface area contributed by atoms with Crippen LogP contribution in [-0.4, -0.2) is 36.5 Å². The van der Waals surface area contributed by atoms with Crippen LogP contribution < -0.4 is 10.1 Å². The standard InChI is InChI=1S/C16H24N2O2/c1-12-6-4-7-13(2)18(12)11-16(19)17-14-8-5-9-15(10-14)20-3/h5,8-10,12-13H,4,6-7,11H2,1-3H3,(H,17,19). The summed E-state index contributed by atoms with van der Waals surface area (Å²) in [6, 6.07) is 8.42. The van der Waals surface area contributed by atoms with E-state index >= 15 is 0 Å². The highest BCUT2D eigenvalue weighted by Crippen LogP contribution is 2.22. The number of carbonyl (C=O) groups excluding carboxylic acids is 1. The fourth-order valence-corrected chi connectivity index (χ4v) is 2.85. The fourth-order valence-electron chi connectivity index (χ4n) is 2.85. The molecule has 0 bridgehead atoms. The molecule has 1 saturated heterocycles. The third kappa shape index (κ3) is 3.73. The van der Waals surface area contributed by atoms with Crippen LogP contribution in [0.2, 0.25) is 0 Å². The van der Waals surface area contributed by atoms with Crippen molar-refractivity contribution in [3.63, 3.8) is 0 Å². The van der Waals surface area contributed by atoms with Crippen LogP contribution in [0.25, 0.3) is 0 Å². The molecule has 1 aromatic rings. The summed E-state index contributed by atoms with van der Waals surface area (Å²) < 4.78 is 5.16. The first-order valence-electron chi connectivity index (χ1n) is 7.30. The minimum Gasteiger partial charge on any atom is -0.497 e. The third-order valence-corrected chi connectivity index (χ3v) is 4.06. The summed E-state index contributed by atoms with van der Waals surface area (Å²) in [7, 11) is 1.62. The molecule has 2 atom stereocenters. The molecule has 0 spiro atoms. The van der Waals surface area contributed by atoms with Gasteiger partial charge in [0.2, 0.25) is 5.91 Å². The average molecular weight is 276 g/mol. The van der Waals surface area contributed by atoms with Gasteiger partial charge in [-0.1, -0.05) is 12.5 Å². The molecule has 0 radical (unpaired) electrons. The molecule has 4 nitrogen and oxygen atoms in total. The number of hydrogen-bond acceptors (Lipinski definition) is 3. The molecule has 1 amide bonds. The number of nitrogens with one attached hydrogen (secondary N) is 1. The molecule has 1 heterocycles. The summed E-state index contributed by atoms with van der Waals surface area (Å²) in [4.78, 5) is 14.5. The van der Waals surface area contributed by atoms with Gasteiger partial charge in [0.05, 0.1) is 13.7 Å². The highest BCUT2D eigenvalue weighted by Gasteiger charge is 2.26. The second-order valence-electron chi connectivity index (χ2n) is 5.58. The van der Waals surface area contributed by atoms with Crippen molar-refractivity contribution in [1.29, 1.82) is 0 Å². The molecule has 2 rings (SSSR count). The van der Waals surface area contributed by atoms with Gasteiger partial charge in [0.15, 0.2) is 0 Å². The van der Waals surface area contributed by atoms with E-state index in [-0.39, 0.29) is 5.91 Å². The van der Waals surface area contributed by atoms with Crippen molar-refractivity contribution in [3.8, 4) is 5.75 Å². The van der Waals surface area contributed by atoms with Crippen LogP contribution in [0.5, 0.6) is 5.75 Å². The molecule has 1 aliphatic rings. The first-order chi connectivity index (χ1) is 9.60. The zero-order chi connectivity index (χ0) is 14.5. The first-order valence-corrected chi connectivity index (χ1v) is 7.30. The number of anilines is 1. The highest BCUT2D eigenvalue weighted by molar-refractivity contribution is 5.92. The van der Waals surface area contributed by atoms with Crippen molar-refractivity contribution in [1.82, 2.24) is 4.90 Å². The lowest BCUT2D eigenvalue weighted by Crippen LogP contribution is -2.47. The van der Waals surface area contributed by atoms with Crippen molar-refractivity contribution in [2.45, 2.75) is 45.2 Å². The SMILES string of the molecule is COc1cccc(NC(=O)CN2C(C)CCCC2C)c1. The van der Waals surface area contributed by atoms with Crippen LogP contribution in [-0.2, 0) is 4.79 Å². The molecule has 20 heavy (non-hydrogen) atoms. The number of nitrogens with zero attached hydrogens (tertiary/aromatic N) is 1. The maximum absolute atomic E-state index is 12.2. The normalized spacial score (nSPS) is 23.4. The van der Waals surface area contributed by atoms with Crippen molar-refractivity contribution in [2.75, 3.05) is 19.0 Å². The maximum Gasteiger partial charge on any atom is 0.238 e. The highest BCUT2D eigenvalue weighted by atomic mass is 16.5. The Morgan fingerprint density at radius 1 is 1.35 bits per heavy atom. The zero-order valence-electron chi connectivity index (χ0n) is 12.6. The molecule has 4 heteroatoms. The number of carbonyl (C=O) groups is 1. The number of methoxy groups -OCH3 is 1. The first kappa shape index (κ1) is 14.9. The van der Waals surface area contributed by atoms with Gasteiger partial charge in [-0.2, -0.15) is 0 Å². The Hall–Kier alpha value is -1.55. The zero-order valence-corrected chi connectivity index (χ0v) is 12.6. The lowest BCUT2D eigenvalue weighted by Gasteiger charge is -2.38. The van der Waals surface area contributed by atoms with Gasteiger partial charge in [-0.15, -0.1) is 0 Å². The van der Waals surface area contributed by atoms with Gasteiger partial charge in [-0.25, -0.2) is 0 Å². The molecule has 0 aromatic heterocycles. The Morgan fingerprint density at radius 2 is 2.05 bits per heavy atom. The van der Waals surface area contributed by atoms with Crippen LogP contribution >= 0.6 is 0 Å². The van der Waals surface area contributed by atoms with E-state index in [0.29, 0.717) is 18.6 Å². The Balaban J connectivity index is 1.94. The van der Waals surface area contributed by atoms with Crippen LogP contribution in [0.3, 0.4) is 0 Å². The van der Waals surface area contributed by atoms with Crippen molar-refractivity contribution >= 4 is 11.6 Å². The van der Waals surface area contributed by atoms with E-state index < -0.39 is 0 Å². The van der Waals surface area contributed by atoms with Gasteiger partial charge >= 0.3 is 0 Å². The quantitative estimate of drug-likeness (QED) is 0.919. The predicted molar refractivity (Wildman–Crippen MR) is 81.1 cm³/mol. The average Bonchev–Trinajstić information content (AvgIpc) is 2.43. The van der Waals surface area contributed by atoms with Crippen molar-refractivity contribution < 1.29 is 9.53 Å². The molecule has 1 N–H and O–H groups in total. The Morgan fingerprint density at radius 3 is 2.70 bits per heavy atom. The molecule has 0 aliphatic carbocycles. The second-order valence-corrected chi connectivity index (χ2v) is 5.58.